The molecule has 0 aliphatic carbocycles. The summed E-state index contributed by atoms with van der Waals surface area (Å²) in [6.07, 6.45) is -1.14. The van der Waals surface area contributed by atoms with E-state index in [2.05, 4.69) is 5.32 Å². The Morgan fingerprint density at radius 2 is 1.57 bits per heavy atom. The molecule has 148 valence electrons. The Morgan fingerprint density at radius 3 is 2.14 bits per heavy atom. The third kappa shape index (κ3) is 6.64. The van der Waals surface area contributed by atoms with Gasteiger partial charge in [0.2, 0.25) is 0 Å². The van der Waals surface area contributed by atoms with E-state index >= 15 is 0 Å². The summed E-state index contributed by atoms with van der Waals surface area (Å²) in [6, 6.07) is 15.7. The van der Waals surface area contributed by atoms with Crippen molar-refractivity contribution >= 4 is 29.3 Å². The lowest BCUT2D eigenvalue weighted by Gasteiger charge is -2.19. The summed E-state index contributed by atoms with van der Waals surface area (Å²) in [5, 5.41) is 5.14. The van der Waals surface area contributed by atoms with Crippen LogP contribution >= 0.6 is 0 Å². The van der Waals surface area contributed by atoms with Gasteiger partial charge in [0.25, 0.3) is 5.91 Å². The number of imide groups is 1. The molecule has 1 atom stereocenters. The van der Waals surface area contributed by atoms with E-state index < -0.39 is 24.0 Å². The van der Waals surface area contributed by atoms with Gasteiger partial charge in [0.1, 0.15) is 5.75 Å². The molecule has 2 aromatic carbocycles. The number of ether oxygens (including phenoxy) is 2. The highest BCUT2D eigenvalue weighted by Gasteiger charge is 2.27. The molecule has 28 heavy (non-hydrogen) atoms. The lowest BCUT2D eigenvalue weighted by molar-refractivity contribution is -0.160. The molecule has 0 heterocycles. The van der Waals surface area contributed by atoms with Crippen LogP contribution in [0.4, 0.5) is 16.2 Å². The topological polar surface area (TPSA) is 120 Å². The molecule has 0 radical (unpaired) electrons. The van der Waals surface area contributed by atoms with Crippen molar-refractivity contribution in [1.29, 1.82) is 0 Å². The highest BCUT2D eigenvalue weighted by molar-refractivity contribution is 5.96. The van der Waals surface area contributed by atoms with Crippen LogP contribution in [0.2, 0.25) is 0 Å². The lowest BCUT2D eigenvalue weighted by Crippen LogP contribution is -2.46. The van der Waals surface area contributed by atoms with Crippen LogP contribution in [0.5, 0.6) is 5.75 Å². The van der Waals surface area contributed by atoms with Crippen LogP contribution in [-0.4, -0.2) is 30.6 Å². The molecule has 8 nitrogen and oxygen atoms in total. The van der Waals surface area contributed by atoms with Gasteiger partial charge in [-0.25, -0.2) is 9.59 Å². The van der Waals surface area contributed by atoms with Crippen LogP contribution in [0.15, 0.2) is 54.6 Å². The van der Waals surface area contributed by atoms with Gasteiger partial charge in [-0.1, -0.05) is 32.0 Å². The maximum atomic E-state index is 12.0. The van der Waals surface area contributed by atoms with E-state index in [1.807, 2.05) is 47.8 Å². The van der Waals surface area contributed by atoms with Gasteiger partial charge in [-0.15, -0.1) is 0 Å². The van der Waals surface area contributed by atoms with Gasteiger partial charge in [-0.3, -0.25) is 10.1 Å². The molecule has 0 saturated heterocycles. The summed E-state index contributed by atoms with van der Waals surface area (Å²) in [5.41, 5.74) is 6.73. The molecule has 2 rings (SSSR count). The predicted molar refractivity (Wildman–Crippen MR) is 104 cm³/mol. The molecule has 2 aromatic rings. The number of primary amides is 1. The van der Waals surface area contributed by atoms with Crippen molar-refractivity contribution in [2.45, 2.75) is 20.0 Å². The molecular formula is C20H23N3O5. The number of para-hydroxylation sites is 1. The fourth-order valence-electron chi connectivity index (χ4n) is 2.33. The minimum absolute atomic E-state index is 0.341. The Kier molecular flexibility index (Phi) is 7.38. The minimum atomic E-state index is -1.14. The Balaban J connectivity index is 1.86. The van der Waals surface area contributed by atoms with Gasteiger partial charge >= 0.3 is 12.0 Å². The molecule has 4 N–H and O–H groups in total. The summed E-state index contributed by atoms with van der Waals surface area (Å²) in [5.74, 6) is -1.37. The number of hydrogen-bond acceptors (Lipinski definition) is 6. The smallest absolute Gasteiger partial charge is 0.344 e. The molecule has 0 aliphatic rings. The fraction of sp³-hybridized carbons (Fsp3) is 0.250. The number of amides is 3. The van der Waals surface area contributed by atoms with E-state index in [0.717, 1.165) is 11.4 Å². The fourth-order valence-corrected chi connectivity index (χ4v) is 2.33. The van der Waals surface area contributed by atoms with E-state index in [1.54, 1.807) is 26.0 Å². The third-order valence-electron chi connectivity index (χ3n) is 3.64. The van der Waals surface area contributed by atoms with Crippen LogP contribution in [0.25, 0.3) is 0 Å². The predicted octanol–water partition coefficient (Wildman–Crippen LogP) is 2.57. The first-order valence-electron chi connectivity index (χ1n) is 8.70. The maximum Gasteiger partial charge on any atom is 0.344 e. The number of carbonyl (C=O) groups is 3. The summed E-state index contributed by atoms with van der Waals surface area (Å²) in [4.78, 5) is 34.6. The van der Waals surface area contributed by atoms with Gasteiger partial charge in [-0.2, -0.15) is 0 Å². The maximum absolute atomic E-state index is 12.0. The second-order valence-electron chi connectivity index (χ2n) is 6.31. The Bertz CT molecular complexity index is 806. The molecule has 8 heteroatoms. The first-order valence-corrected chi connectivity index (χ1v) is 8.70. The number of nitrogens with one attached hydrogen (secondary N) is 2. The Morgan fingerprint density at radius 1 is 0.964 bits per heavy atom. The highest BCUT2D eigenvalue weighted by atomic mass is 16.6. The van der Waals surface area contributed by atoms with Crippen molar-refractivity contribution in [3.63, 3.8) is 0 Å². The monoisotopic (exact) mass is 385 g/mol. The molecule has 0 unspecified atom stereocenters. The largest absolute Gasteiger partial charge is 0.482 e. The number of nitrogens with two attached hydrogens (primary N) is 1. The van der Waals surface area contributed by atoms with Gasteiger partial charge in [-0.05, 0) is 42.3 Å². The molecule has 0 spiro atoms. The number of hydrogen-bond donors (Lipinski definition) is 3. The number of anilines is 2. The summed E-state index contributed by atoms with van der Waals surface area (Å²) in [7, 11) is 0. The van der Waals surface area contributed by atoms with Crippen molar-refractivity contribution < 1.29 is 23.9 Å². The Labute approximate surface area is 163 Å². The minimum Gasteiger partial charge on any atom is -0.482 e. The molecule has 0 saturated carbocycles. The van der Waals surface area contributed by atoms with Crippen molar-refractivity contribution in [3.8, 4) is 5.75 Å². The number of esters is 1. The van der Waals surface area contributed by atoms with Crippen LogP contribution in [0.1, 0.15) is 13.8 Å². The average Bonchev–Trinajstić information content (AvgIpc) is 2.65. The van der Waals surface area contributed by atoms with Gasteiger partial charge in [0.05, 0.1) is 0 Å². The molecule has 0 fully saturated rings. The standard InChI is InChI=1S/C20H23N3O5/c1-13(2)18(19(25)23-20(21)26)28-17(24)12-27-16-10-8-15(9-11-16)22-14-6-4-3-5-7-14/h3-11,13,18,22H,12H2,1-2H3,(H3,21,23,25,26)/t18-/m0/s1. The Hall–Kier alpha value is -3.55. The summed E-state index contributed by atoms with van der Waals surface area (Å²) >= 11 is 0. The van der Waals surface area contributed by atoms with Crippen molar-refractivity contribution in [2.24, 2.45) is 11.7 Å². The molecule has 0 aliphatic heterocycles. The zero-order valence-electron chi connectivity index (χ0n) is 15.7. The first-order chi connectivity index (χ1) is 13.3. The first kappa shape index (κ1) is 20.8. The number of rotatable bonds is 8. The van der Waals surface area contributed by atoms with E-state index in [4.69, 9.17) is 15.2 Å². The average molecular weight is 385 g/mol. The number of carbonyl (C=O) groups excluding carboxylic acids is 3. The summed E-state index contributed by atoms with van der Waals surface area (Å²) in [6.45, 7) is 2.98. The third-order valence-corrected chi connectivity index (χ3v) is 3.64. The SMILES string of the molecule is CC(C)[C@H](OC(=O)COc1ccc(Nc2ccccc2)cc1)C(=O)NC(N)=O. The van der Waals surface area contributed by atoms with Crippen molar-refractivity contribution in [3.05, 3.63) is 54.6 Å². The normalized spacial score (nSPS) is 11.4. The number of benzene rings is 2. The van der Waals surface area contributed by atoms with Gasteiger partial charge in [0.15, 0.2) is 12.7 Å². The molecular weight excluding hydrogens is 362 g/mol. The molecule has 0 aromatic heterocycles. The van der Waals surface area contributed by atoms with Crippen molar-refractivity contribution in [2.75, 3.05) is 11.9 Å². The van der Waals surface area contributed by atoms with Crippen LogP contribution in [0, 0.1) is 5.92 Å². The zero-order valence-corrected chi connectivity index (χ0v) is 15.7. The molecule has 0 bridgehead atoms. The van der Waals surface area contributed by atoms with Crippen LogP contribution < -0.4 is 21.1 Å². The van der Waals surface area contributed by atoms with Crippen LogP contribution in [-0.2, 0) is 14.3 Å². The lowest BCUT2D eigenvalue weighted by atomic mass is 10.1. The molecule has 3 amide bonds. The van der Waals surface area contributed by atoms with Crippen molar-refractivity contribution in [1.82, 2.24) is 5.32 Å². The van der Waals surface area contributed by atoms with Gasteiger partial charge < -0.3 is 20.5 Å². The zero-order chi connectivity index (χ0) is 20.5. The van der Waals surface area contributed by atoms with E-state index in [1.165, 1.54) is 0 Å². The van der Waals surface area contributed by atoms with Gasteiger partial charge in [0, 0.05) is 11.4 Å². The van der Waals surface area contributed by atoms with E-state index in [9.17, 15) is 14.4 Å². The second kappa shape index (κ2) is 9.96. The number of urea groups is 1. The summed E-state index contributed by atoms with van der Waals surface area (Å²) < 4.78 is 10.5. The van der Waals surface area contributed by atoms with Crippen LogP contribution in [0.3, 0.4) is 0 Å². The quantitative estimate of drug-likeness (QED) is 0.601. The highest BCUT2D eigenvalue weighted by Crippen LogP contribution is 2.20. The van der Waals surface area contributed by atoms with E-state index in [-0.39, 0.29) is 12.5 Å². The van der Waals surface area contributed by atoms with E-state index in [0.29, 0.717) is 5.75 Å². The second-order valence-corrected chi connectivity index (χ2v) is 6.31.